The zero-order chi connectivity index (χ0) is 25.0. The summed E-state index contributed by atoms with van der Waals surface area (Å²) < 4.78 is 10.5. The van der Waals surface area contributed by atoms with Crippen molar-refractivity contribution >= 4 is 23.9 Å². The van der Waals surface area contributed by atoms with Gasteiger partial charge < -0.3 is 25.0 Å². The number of likely N-dealkylation sites (tertiary alicyclic amines) is 1. The Morgan fingerprint density at radius 1 is 1.00 bits per heavy atom. The van der Waals surface area contributed by atoms with Crippen molar-refractivity contribution in [1.29, 1.82) is 0 Å². The molecule has 9 nitrogen and oxygen atoms in total. The van der Waals surface area contributed by atoms with E-state index in [0.29, 0.717) is 24.9 Å². The molecule has 35 heavy (non-hydrogen) atoms. The number of nitrogens with zero attached hydrogens (tertiary/aromatic N) is 1. The zero-order valence-corrected chi connectivity index (χ0v) is 19.8. The minimum atomic E-state index is -1.05. The van der Waals surface area contributed by atoms with Crippen molar-refractivity contribution in [2.24, 2.45) is 5.92 Å². The molecule has 9 heteroatoms. The number of esters is 2. The second-order valence-electron chi connectivity index (χ2n) is 8.21. The minimum absolute atomic E-state index is 0.142. The maximum Gasteiger partial charge on any atom is 0.330 e. The number of piperidine rings is 1. The smallest absolute Gasteiger partial charge is 0.330 e. The molecule has 1 heterocycles. The first-order chi connectivity index (χ1) is 17.0. The van der Waals surface area contributed by atoms with Gasteiger partial charge in [-0.1, -0.05) is 48.5 Å². The van der Waals surface area contributed by atoms with E-state index in [1.807, 2.05) is 30.3 Å². The van der Waals surface area contributed by atoms with Crippen LogP contribution in [0, 0.1) is 5.92 Å². The molecule has 1 fully saturated rings. The number of urea groups is 1. The normalized spacial score (nSPS) is 16.0. The van der Waals surface area contributed by atoms with Gasteiger partial charge >= 0.3 is 18.0 Å². The van der Waals surface area contributed by atoms with Crippen LogP contribution in [0.3, 0.4) is 0 Å². The molecular weight excluding hydrogens is 450 g/mol. The fourth-order valence-electron chi connectivity index (χ4n) is 3.77. The topological polar surface area (TPSA) is 114 Å². The van der Waals surface area contributed by atoms with Crippen LogP contribution >= 0.6 is 0 Å². The van der Waals surface area contributed by atoms with Crippen molar-refractivity contribution < 1.29 is 28.7 Å². The van der Waals surface area contributed by atoms with Crippen LogP contribution in [-0.4, -0.2) is 61.1 Å². The van der Waals surface area contributed by atoms with Gasteiger partial charge in [-0.2, -0.15) is 0 Å². The van der Waals surface area contributed by atoms with E-state index in [0.717, 1.165) is 5.56 Å². The van der Waals surface area contributed by atoms with Crippen LogP contribution < -0.4 is 10.6 Å². The summed E-state index contributed by atoms with van der Waals surface area (Å²) in [4.78, 5) is 51.7. The van der Waals surface area contributed by atoms with Gasteiger partial charge in [0.25, 0.3) is 5.91 Å². The summed E-state index contributed by atoms with van der Waals surface area (Å²) >= 11 is 0. The van der Waals surface area contributed by atoms with E-state index in [1.165, 1.54) is 4.90 Å². The number of nitrogens with one attached hydrogen (secondary N) is 2. The van der Waals surface area contributed by atoms with E-state index in [-0.39, 0.29) is 32.3 Å². The van der Waals surface area contributed by atoms with Crippen LogP contribution in [0.2, 0.25) is 0 Å². The molecule has 1 aliphatic heterocycles. The number of rotatable bonds is 9. The Morgan fingerprint density at radius 3 is 2.37 bits per heavy atom. The van der Waals surface area contributed by atoms with Crippen LogP contribution in [0.4, 0.5) is 4.79 Å². The van der Waals surface area contributed by atoms with Crippen LogP contribution in [0.1, 0.15) is 35.7 Å². The van der Waals surface area contributed by atoms with Crippen molar-refractivity contribution in [3.05, 3.63) is 71.8 Å². The number of hydrogen-bond acceptors (Lipinski definition) is 6. The second kappa shape index (κ2) is 13.1. The molecule has 0 spiro atoms. The zero-order valence-electron chi connectivity index (χ0n) is 19.8. The Balaban J connectivity index is 1.52. The summed E-state index contributed by atoms with van der Waals surface area (Å²) in [5.41, 5.74) is 1.29. The summed E-state index contributed by atoms with van der Waals surface area (Å²) in [7, 11) is 0. The van der Waals surface area contributed by atoms with Crippen molar-refractivity contribution in [2.45, 2.75) is 32.4 Å². The third kappa shape index (κ3) is 7.84. The SMILES string of the molecule is CCOC(=O)C(CNC(=O)N1CCC[C@@H](C(=O)OCc2ccccc2)C1)NC(=O)c1ccccc1. The average Bonchev–Trinajstić information content (AvgIpc) is 2.90. The largest absolute Gasteiger partial charge is 0.464 e. The van der Waals surface area contributed by atoms with Crippen molar-refractivity contribution in [3.8, 4) is 0 Å². The fraction of sp³-hybridized carbons (Fsp3) is 0.385. The lowest BCUT2D eigenvalue weighted by molar-refractivity contribution is -0.151. The van der Waals surface area contributed by atoms with Crippen LogP contribution in [0.5, 0.6) is 0 Å². The summed E-state index contributed by atoms with van der Waals surface area (Å²) in [6.45, 7) is 2.55. The van der Waals surface area contributed by atoms with Crippen molar-refractivity contribution in [3.63, 3.8) is 0 Å². The van der Waals surface area contributed by atoms with Gasteiger partial charge in [0.15, 0.2) is 0 Å². The number of ether oxygens (including phenoxy) is 2. The monoisotopic (exact) mass is 481 g/mol. The standard InChI is InChI=1S/C26H31N3O6/c1-2-34-25(32)22(28-23(30)20-12-7-4-8-13-20)16-27-26(33)29-15-9-14-21(17-29)24(31)35-18-19-10-5-3-6-11-19/h3-8,10-13,21-22H,2,9,14-18H2,1H3,(H,27,33)(H,28,30)/t21-,22?/m1/s1. The molecule has 3 amide bonds. The molecular formula is C26H31N3O6. The lowest BCUT2D eigenvalue weighted by atomic mass is 9.98. The van der Waals surface area contributed by atoms with E-state index < -0.39 is 29.9 Å². The molecule has 0 saturated carbocycles. The predicted octanol–water partition coefficient (Wildman–Crippen LogP) is 2.51. The minimum Gasteiger partial charge on any atom is -0.464 e. The molecule has 2 aromatic carbocycles. The Bertz CT molecular complexity index is 999. The first kappa shape index (κ1) is 25.7. The van der Waals surface area contributed by atoms with Crippen LogP contribution in [0.25, 0.3) is 0 Å². The van der Waals surface area contributed by atoms with Gasteiger partial charge in [-0.3, -0.25) is 9.59 Å². The molecule has 2 aromatic rings. The molecule has 3 rings (SSSR count). The van der Waals surface area contributed by atoms with Gasteiger partial charge in [-0.15, -0.1) is 0 Å². The number of hydrogen-bond donors (Lipinski definition) is 2. The third-order valence-corrected chi connectivity index (χ3v) is 5.64. The highest BCUT2D eigenvalue weighted by Crippen LogP contribution is 2.19. The molecule has 2 N–H and O–H groups in total. The van der Waals surface area contributed by atoms with E-state index in [1.54, 1.807) is 37.3 Å². The molecule has 1 aliphatic rings. The van der Waals surface area contributed by atoms with Crippen LogP contribution in [-0.2, 0) is 25.7 Å². The summed E-state index contributed by atoms with van der Waals surface area (Å²) in [6, 6.07) is 16.4. The maximum atomic E-state index is 12.8. The lowest BCUT2D eigenvalue weighted by Gasteiger charge is -2.32. The average molecular weight is 482 g/mol. The van der Waals surface area contributed by atoms with E-state index in [9.17, 15) is 19.2 Å². The summed E-state index contributed by atoms with van der Waals surface area (Å²) in [5, 5.41) is 5.30. The highest BCUT2D eigenvalue weighted by molar-refractivity contribution is 5.97. The predicted molar refractivity (Wildman–Crippen MR) is 128 cm³/mol. The van der Waals surface area contributed by atoms with E-state index in [4.69, 9.17) is 9.47 Å². The number of benzene rings is 2. The molecule has 0 radical (unpaired) electrons. The number of carbonyl (C=O) groups is 4. The first-order valence-corrected chi connectivity index (χ1v) is 11.7. The van der Waals surface area contributed by atoms with Gasteiger partial charge in [-0.25, -0.2) is 9.59 Å². The quantitative estimate of drug-likeness (QED) is 0.532. The summed E-state index contributed by atoms with van der Waals surface area (Å²) in [5.74, 6) is -1.85. The molecule has 1 unspecified atom stereocenters. The Labute approximate surface area is 204 Å². The Morgan fingerprint density at radius 2 is 1.69 bits per heavy atom. The maximum absolute atomic E-state index is 12.8. The molecule has 186 valence electrons. The lowest BCUT2D eigenvalue weighted by Crippen LogP contribution is -2.53. The van der Waals surface area contributed by atoms with Crippen molar-refractivity contribution in [2.75, 3.05) is 26.2 Å². The van der Waals surface area contributed by atoms with E-state index >= 15 is 0 Å². The Hall–Kier alpha value is -3.88. The fourth-order valence-corrected chi connectivity index (χ4v) is 3.77. The molecule has 2 atom stereocenters. The second-order valence-corrected chi connectivity index (χ2v) is 8.21. The molecule has 0 aliphatic carbocycles. The van der Waals surface area contributed by atoms with Gasteiger partial charge in [0, 0.05) is 18.7 Å². The van der Waals surface area contributed by atoms with Gasteiger partial charge in [0.1, 0.15) is 12.6 Å². The van der Waals surface area contributed by atoms with Gasteiger partial charge in [0.2, 0.25) is 0 Å². The van der Waals surface area contributed by atoms with Gasteiger partial charge in [-0.05, 0) is 37.5 Å². The van der Waals surface area contributed by atoms with E-state index in [2.05, 4.69) is 10.6 Å². The number of amides is 3. The molecule has 0 aromatic heterocycles. The Kier molecular flexibility index (Phi) is 9.65. The third-order valence-electron chi connectivity index (χ3n) is 5.64. The van der Waals surface area contributed by atoms with Gasteiger partial charge in [0.05, 0.1) is 19.1 Å². The highest BCUT2D eigenvalue weighted by Gasteiger charge is 2.30. The molecule has 1 saturated heterocycles. The van der Waals surface area contributed by atoms with Crippen LogP contribution in [0.15, 0.2) is 60.7 Å². The highest BCUT2D eigenvalue weighted by atomic mass is 16.5. The first-order valence-electron chi connectivity index (χ1n) is 11.7. The van der Waals surface area contributed by atoms with Crippen molar-refractivity contribution in [1.82, 2.24) is 15.5 Å². The summed E-state index contributed by atoms with van der Waals surface area (Å²) in [6.07, 6.45) is 1.29. The number of carbonyl (C=O) groups excluding carboxylic acids is 4. The molecule has 0 bridgehead atoms.